The fourth-order valence-electron chi connectivity index (χ4n) is 3.35. The Morgan fingerprint density at radius 1 is 1.28 bits per heavy atom. The third kappa shape index (κ3) is 5.03. The monoisotopic (exact) mass is 405 g/mol. The minimum Gasteiger partial charge on any atom is -0.465 e. The minimum absolute atomic E-state index is 0.247. The van der Waals surface area contributed by atoms with Crippen LogP contribution in [0.15, 0.2) is 22.6 Å². The van der Waals surface area contributed by atoms with Crippen molar-refractivity contribution < 1.29 is 27.8 Å². The topological polar surface area (TPSA) is 70.8 Å². The van der Waals surface area contributed by atoms with Crippen LogP contribution in [0.3, 0.4) is 0 Å². The minimum atomic E-state index is -1.30. The number of halogens is 1. The molecule has 0 spiro atoms. The number of aromatic nitrogens is 1. The predicted molar refractivity (Wildman–Crippen MR) is 105 cm³/mol. The summed E-state index contributed by atoms with van der Waals surface area (Å²) in [6, 6.07) is 5.00. The molecular weight excluding hydrogens is 377 g/mol. The molecule has 0 aliphatic carbocycles. The SMILES string of the molecule is COC(=O)[C@]1(C)OC[C@H](CCCCc2nc(-c3ccc(C)c(F)c3)oc2C)CO1. The number of hydrogen-bond acceptors (Lipinski definition) is 6. The van der Waals surface area contributed by atoms with Crippen LogP contribution in [0.25, 0.3) is 11.5 Å². The fourth-order valence-corrected chi connectivity index (χ4v) is 3.35. The number of unbranched alkanes of at least 4 members (excludes halogenated alkanes) is 1. The third-order valence-corrected chi connectivity index (χ3v) is 5.33. The van der Waals surface area contributed by atoms with Crippen LogP contribution in [0.5, 0.6) is 0 Å². The number of benzene rings is 1. The first-order chi connectivity index (χ1) is 13.8. The lowest BCUT2D eigenvalue weighted by molar-refractivity contribution is -0.272. The van der Waals surface area contributed by atoms with Crippen LogP contribution in [0, 0.1) is 25.6 Å². The molecule has 6 nitrogen and oxygen atoms in total. The van der Waals surface area contributed by atoms with E-state index in [1.807, 2.05) is 13.0 Å². The zero-order valence-corrected chi connectivity index (χ0v) is 17.4. The van der Waals surface area contributed by atoms with Gasteiger partial charge in [-0.3, -0.25) is 0 Å². The van der Waals surface area contributed by atoms with Crippen molar-refractivity contribution in [2.24, 2.45) is 5.92 Å². The lowest BCUT2D eigenvalue weighted by atomic mass is 10.0. The van der Waals surface area contributed by atoms with Gasteiger partial charge in [-0.25, -0.2) is 14.2 Å². The van der Waals surface area contributed by atoms with Crippen molar-refractivity contribution in [3.8, 4) is 11.5 Å². The van der Waals surface area contributed by atoms with Gasteiger partial charge in [0.15, 0.2) is 0 Å². The van der Waals surface area contributed by atoms with Crippen molar-refractivity contribution in [3.05, 3.63) is 41.0 Å². The van der Waals surface area contributed by atoms with Gasteiger partial charge < -0.3 is 18.6 Å². The van der Waals surface area contributed by atoms with Crippen molar-refractivity contribution in [1.82, 2.24) is 4.98 Å². The summed E-state index contributed by atoms with van der Waals surface area (Å²) in [5.74, 6) is -0.611. The van der Waals surface area contributed by atoms with Gasteiger partial charge in [-0.15, -0.1) is 0 Å². The summed E-state index contributed by atoms with van der Waals surface area (Å²) >= 11 is 0. The second kappa shape index (κ2) is 9.05. The molecule has 158 valence electrons. The van der Waals surface area contributed by atoms with Crippen LogP contribution in [0.1, 0.15) is 43.2 Å². The molecule has 1 aromatic heterocycles. The van der Waals surface area contributed by atoms with Gasteiger partial charge in [0.25, 0.3) is 5.79 Å². The molecule has 0 amide bonds. The van der Waals surface area contributed by atoms with Crippen LogP contribution < -0.4 is 0 Å². The van der Waals surface area contributed by atoms with Gasteiger partial charge in [-0.2, -0.15) is 0 Å². The maximum absolute atomic E-state index is 13.8. The molecule has 1 fully saturated rings. The Bertz CT molecular complexity index is 855. The Balaban J connectivity index is 1.46. The maximum Gasteiger partial charge on any atom is 0.366 e. The van der Waals surface area contributed by atoms with E-state index >= 15 is 0 Å². The number of nitrogens with zero attached hydrogens (tertiary/aromatic N) is 1. The number of esters is 1. The quantitative estimate of drug-likeness (QED) is 0.503. The van der Waals surface area contributed by atoms with Gasteiger partial charge >= 0.3 is 5.97 Å². The van der Waals surface area contributed by atoms with Crippen LogP contribution in [-0.4, -0.2) is 37.1 Å². The molecular formula is C22H28FNO5. The molecule has 1 saturated heterocycles. The van der Waals surface area contributed by atoms with Crippen LogP contribution in [0.4, 0.5) is 4.39 Å². The summed E-state index contributed by atoms with van der Waals surface area (Å²) in [7, 11) is 1.32. The molecule has 0 saturated carbocycles. The molecule has 29 heavy (non-hydrogen) atoms. The standard InChI is InChI=1S/C22H28FNO5/c1-14-9-10-17(11-18(14)23)20-24-19(15(2)29-20)8-6-5-7-16-12-27-22(3,28-13-16)21(25)26-4/h9-11,16H,5-8,12-13H2,1-4H3/t16-,22+. The molecule has 2 heterocycles. The second-order valence-corrected chi connectivity index (χ2v) is 7.66. The van der Waals surface area contributed by atoms with E-state index in [1.165, 1.54) is 13.2 Å². The second-order valence-electron chi connectivity index (χ2n) is 7.66. The highest BCUT2D eigenvalue weighted by atomic mass is 19.1. The molecule has 2 aromatic rings. The van der Waals surface area contributed by atoms with Crippen molar-refractivity contribution >= 4 is 5.97 Å². The average molecular weight is 405 g/mol. The molecule has 0 atom stereocenters. The highest BCUT2D eigenvalue weighted by Gasteiger charge is 2.41. The Hall–Kier alpha value is -2.25. The van der Waals surface area contributed by atoms with E-state index in [0.717, 1.165) is 37.1 Å². The summed E-state index contributed by atoms with van der Waals surface area (Å²) in [5, 5.41) is 0. The van der Waals surface area contributed by atoms with Crippen LogP contribution in [-0.2, 0) is 25.4 Å². The summed E-state index contributed by atoms with van der Waals surface area (Å²) in [5.41, 5.74) is 2.14. The van der Waals surface area contributed by atoms with E-state index in [2.05, 4.69) is 4.98 Å². The molecule has 0 bridgehead atoms. The molecule has 3 rings (SSSR count). The maximum atomic E-state index is 13.8. The highest BCUT2D eigenvalue weighted by Crippen LogP contribution is 2.27. The number of hydrogen-bond donors (Lipinski definition) is 0. The number of rotatable bonds is 7. The van der Waals surface area contributed by atoms with E-state index in [4.69, 9.17) is 18.6 Å². The van der Waals surface area contributed by atoms with Gasteiger partial charge in [-0.1, -0.05) is 12.5 Å². The number of aryl methyl sites for hydroxylation is 3. The lowest BCUT2D eigenvalue weighted by Crippen LogP contribution is -2.48. The fraction of sp³-hybridized carbons (Fsp3) is 0.545. The molecule has 1 aliphatic heterocycles. The van der Waals surface area contributed by atoms with Crippen molar-refractivity contribution in [2.75, 3.05) is 20.3 Å². The number of methoxy groups -OCH3 is 1. The summed E-state index contributed by atoms with van der Waals surface area (Å²) in [6.45, 7) is 6.13. The zero-order chi connectivity index (χ0) is 21.0. The molecule has 0 unspecified atom stereocenters. The van der Waals surface area contributed by atoms with E-state index in [-0.39, 0.29) is 11.7 Å². The van der Waals surface area contributed by atoms with Crippen LogP contribution in [0.2, 0.25) is 0 Å². The molecule has 0 radical (unpaired) electrons. The lowest BCUT2D eigenvalue weighted by Gasteiger charge is -2.35. The van der Waals surface area contributed by atoms with Crippen molar-refractivity contribution in [3.63, 3.8) is 0 Å². The van der Waals surface area contributed by atoms with E-state index in [9.17, 15) is 9.18 Å². The van der Waals surface area contributed by atoms with Gasteiger partial charge in [0.05, 0.1) is 26.0 Å². The Kier molecular flexibility index (Phi) is 6.70. The molecule has 7 heteroatoms. The van der Waals surface area contributed by atoms with Crippen LogP contribution >= 0.6 is 0 Å². The number of carbonyl (C=O) groups is 1. The van der Waals surface area contributed by atoms with Crippen molar-refractivity contribution in [2.45, 2.75) is 52.2 Å². The number of oxazole rings is 1. The Morgan fingerprint density at radius 3 is 2.66 bits per heavy atom. The molecule has 1 aliphatic rings. The molecule has 0 N–H and O–H groups in total. The van der Waals surface area contributed by atoms with Crippen molar-refractivity contribution in [1.29, 1.82) is 0 Å². The highest BCUT2D eigenvalue weighted by molar-refractivity contribution is 5.77. The normalized spacial score (nSPS) is 21.9. The van der Waals surface area contributed by atoms with E-state index in [1.54, 1.807) is 19.9 Å². The summed E-state index contributed by atoms with van der Waals surface area (Å²) in [6.07, 6.45) is 3.65. The first kappa shape index (κ1) is 21.5. The number of ether oxygens (including phenoxy) is 3. The third-order valence-electron chi connectivity index (χ3n) is 5.33. The summed E-state index contributed by atoms with van der Waals surface area (Å²) < 4.78 is 35.4. The Morgan fingerprint density at radius 2 is 2.00 bits per heavy atom. The average Bonchev–Trinajstić information content (AvgIpc) is 3.08. The van der Waals surface area contributed by atoms with Gasteiger partial charge in [0, 0.05) is 18.4 Å². The van der Waals surface area contributed by atoms with Gasteiger partial charge in [0.1, 0.15) is 11.6 Å². The van der Waals surface area contributed by atoms with Gasteiger partial charge in [-0.05, 0) is 50.8 Å². The molecule has 1 aromatic carbocycles. The first-order valence-corrected chi connectivity index (χ1v) is 9.91. The Labute approximate surface area is 170 Å². The largest absolute Gasteiger partial charge is 0.465 e. The number of carbonyl (C=O) groups excluding carboxylic acids is 1. The zero-order valence-electron chi connectivity index (χ0n) is 17.4. The predicted octanol–water partition coefficient (Wildman–Crippen LogP) is 4.36. The first-order valence-electron chi connectivity index (χ1n) is 9.91. The van der Waals surface area contributed by atoms with Gasteiger partial charge in [0.2, 0.25) is 5.89 Å². The smallest absolute Gasteiger partial charge is 0.366 e. The van der Waals surface area contributed by atoms with E-state index < -0.39 is 11.8 Å². The summed E-state index contributed by atoms with van der Waals surface area (Å²) in [4.78, 5) is 16.2. The van der Waals surface area contributed by atoms with E-state index in [0.29, 0.717) is 30.2 Å².